The number of likely N-dealkylation sites (tertiary alicyclic amines) is 1. The Labute approximate surface area is 152 Å². The summed E-state index contributed by atoms with van der Waals surface area (Å²) >= 11 is 1.33. The van der Waals surface area contributed by atoms with E-state index in [2.05, 4.69) is 10.2 Å². The molecule has 1 amide bonds. The highest BCUT2D eigenvalue weighted by atomic mass is 32.1. The standard InChI is InChI=1S/C19H25FN2O2S/c1-24-13-14-17-15(20)7-5-8-16(17)25-18(14)19(23)21-9-6-12-22-10-3-2-4-11-22/h5,7-8H,2-4,6,9-13H2,1H3,(H,21,23). The Morgan fingerprint density at radius 2 is 2.12 bits per heavy atom. The van der Waals surface area contributed by atoms with Gasteiger partial charge in [0.25, 0.3) is 5.91 Å². The first-order valence-corrected chi connectivity index (χ1v) is 9.71. The molecule has 0 saturated carbocycles. The van der Waals surface area contributed by atoms with Crippen molar-refractivity contribution >= 4 is 27.3 Å². The number of methoxy groups -OCH3 is 1. The van der Waals surface area contributed by atoms with E-state index in [4.69, 9.17) is 4.74 Å². The van der Waals surface area contributed by atoms with Crippen LogP contribution in [0.1, 0.15) is 40.9 Å². The molecule has 136 valence electrons. The van der Waals surface area contributed by atoms with Crippen molar-refractivity contribution in [1.29, 1.82) is 0 Å². The summed E-state index contributed by atoms with van der Waals surface area (Å²) in [4.78, 5) is 15.6. The summed E-state index contributed by atoms with van der Waals surface area (Å²) < 4.78 is 20.2. The van der Waals surface area contributed by atoms with E-state index < -0.39 is 0 Å². The van der Waals surface area contributed by atoms with Crippen molar-refractivity contribution in [3.63, 3.8) is 0 Å². The van der Waals surface area contributed by atoms with Crippen LogP contribution in [-0.4, -0.2) is 44.1 Å². The molecule has 2 aromatic rings. The Morgan fingerprint density at radius 1 is 1.32 bits per heavy atom. The molecule has 25 heavy (non-hydrogen) atoms. The van der Waals surface area contributed by atoms with E-state index in [9.17, 15) is 9.18 Å². The molecule has 0 spiro atoms. The molecule has 0 radical (unpaired) electrons. The summed E-state index contributed by atoms with van der Waals surface area (Å²) in [6, 6.07) is 4.94. The number of piperidine rings is 1. The molecular weight excluding hydrogens is 339 g/mol. The van der Waals surface area contributed by atoms with Crippen LogP contribution in [0.2, 0.25) is 0 Å². The van der Waals surface area contributed by atoms with Gasteiger partial charge < -0.3 is 15.0 Å². The average molecular weight is 364 g/mol. The number of carbonyl (C=O) groups excluding carboxylic acids is 1. The molecule has 1 aliphatic heterocycles. The predicted octanol–water partition coefficient (Wildman–Crippen LogP) is 3.79. The molecule has 0 bridgehead atoms. The quantitative estimate of drug-likeness (QED) is 0.760. The number of nitrogens with zero attached hydrogens (tertiary/aromatic N) is 1. The van der Waals surface area contributed by atoms with Gasteiger partial charge in [0.05, 0.1) is 11.5 Å². The van der Waals surface area contributed by atoms with Crippen molar-refractivity contribution in [2.75, 3.05) is 33.3 Å². The van der Waals surface area contributed by atoms with Crippen LogP contribution in [-0.2, 0) is 11.3 Å². The number of halogens is 1. The van der Waals surface area contributed by atoms with Crippen molar-refractivity contribution < 1.29 is 13.9 Å². The van der Waals surface area contributed by atoms with Gasteiger partial charge in [-0.15, -0.1) is 11.3 Å². The monoisotopic (exact) mass is 364 g/mol. The number of fused-ring (bicyclic) bond motifs is 1. The maximum atomic E-state index is 14.2. The van der Waals surface area contributed by atoms with E-state index >= 15 is 0 Å². The van der Waals surface area contributed by atoms with Gasteiger partial charge in [0.15, 0.2) is 0 Å². The molecule has 6 heteroatoms. The maximum absolute atomic E-state index is 14.2. The number of nitrogens with one attached hydrogen (secondary N) is 1. The van der Waals surface area contributed by atoms with E-state index in [1.807, 2.05) is 6.07 Å². The molecule has 0 unspecified atom stereocenters. The Hall–Kier alpha value is -1.50. The molecule has 0 aliphatic carbocycles. The molecule has 3 rings (SSSR count). The van der Waals surface area contributed by atoms with Gasteiger partial charge in [-0.25, -0.2) is 4.39 Å². The summed E-state index contributed by atoms with van der Waals surface area (Å²) in [5.41, 5.74) is 0.647. The summed E-state index contributed by atoms with van der Waals surface area (Å²) in [5, 5.41) is 3.49. The lowest BCUT2D eigenvalue weighted by molar-refractivity contribution is 0.0951. The van der Waals surface area contributed by atoms with Gasteiger partial charge in [-0.3, -0.25) is 4.79 Å². The molecule has 1 aromatic carbocycles. The van der Waals surface area contributed by atoms with E-state index in [0.717, 1.165) is 17.7 Å². The van der Waals surface area contributed by atoms with Crippen LogP contribution in [0, 0.1) is 5.82 Å². The predicted molar refractivity (Wildman–Crippen MR) is 99.7 cm³/mol. The largest absolute Gasteiger partial charge is 0.380 e. The number of ether oxygens (including phenoxy) is 1. The molecule has 1 aliphatic rings. The van der Waals surface area contributed by atoms with Gasteiger partial charge in [-0.1, -0.05) is 12.5 Å². The van der Waals surface area contributed by atoms with E-state index in [1.54, 1.807) is 13.2 Å². The Kier molecular flexibility index (Phi) is 6.39. The van der Waals surface area contributed by atoms with Gasteiger partial charge in [-0.05, 0) is 51.0 Å². The van der Waals surface area contributed by atoms with Crippen molar-refractivity contribution in [2.24, 2.45) is 0 Å². The van der Waals surface area contributed by atoms with Gasteiger partial charge in [-0.2, -0.15) is 0 Å². The second kappa shape index (κ2) is 8.74. The van der Waals surface area contributed by atoms with Crippen LogP contribution < -0.4 is 5.32 Å². The van der Waals surface area contributed by atoms with Crippen LogP contribution in [0.15, 0.2) is 18.2 Å². The third-order valence-corrected chi connectivity index (χ3v) is 5.84. The van der Waals surface area contributed by atoms with E-state index in [-0.39, 0.29) is 18.3 Å². The number of hydrogen-bond donors (Lipinski definition) is 1. The summed E-state index contributed by atoms with van der Waals surface area (Å²) in [7, 11) is 1.56. The number of rotatable bonds is 7. The number of amides is 1. The first kappa shape index (κ1) is 18.3. The number of thiophene rings is 1. The van der Waals surface area contributed by atoms with Crippen LogP contribution in [0.4, 0.5) is 4.39 Å². The zero-order chi connectivity index (χ0) is 17.6. The van der Waals surface area contributed by atoms with Crippen molar-refractivity contribution in [2.45, 2.75) is 32.3 Å². The number of carbonyl (C=O) groups is 1. The molecule has 1 saturated heterocycles. The second-order valence-electron chi connectivity index (χ2n) is 6.47. The zero-order valence-electron chi connectivity index (χ0n) is 14.6. The lowest BCUT2D eigenvalue weighted by Crippen LogP contribution is -2.33. The zero-order valence-corrected chi connectivity index (χ0v) is 15.5. The molecule has 0 atom stereocenters. The maximum Gasteiger partial charge on any atom is 0.261 e. The van der Waals surface area contributed by atoms with Crippen LogP contribution in [0.3, 0.4) is 0 Å². The SMILES string of the molecule is COCc1c(C(=O)NCCCN2CCCCC2)sc2cccc(F)c12. The van der Waals surface area contributed by atoms with Gasteiger partial charge >= 0.3 is 0 Å². The fourth-order valence-electron chi connectivity index (χ4n) is 3.40. The number of benzene rings is 1. The third-order valence-electron chi connectivity index (χ3n) is 4.64. The topological polar surface area (TPSA) is 41.6 Å². The Balaban J connectivity index is 1.63. The van der Waals surface area contributed by atoms with E-state index in [0.29, 0.717) is 22.4 Å². The Bertz CT molecular complexity index is 726. The molecule has 1 fully saturated rings. The molecule has 1 N–H and O–H groups in total. The molecule has 1 aromatic heterocycles. The van der Waals surface area contributed by atoms with Gasteiger partial charge in [0.2, 0.25) is 0 Å². The second-order valence-corrected chi connectivity index (χ2v) is 7.52. The fourth-order valence-corrected chi connectivity index (χ4v) is 4.54. The summed E-state index contributed by atoms with van der Waals surface area (Å²) in [6.45, 7) is 4.23. The normalized spacial score (nSPS) is 15.6. The molecule has 4 nitrogen and oxygen atoms in total. The first-order chi connectivity index (χ1) is 12.2. The summed E-state index contributed by atoms with van der Waals surface area (Å²) in [5.74, 6) is -0.434. The highest BCUT2D eigenvalue weighted by Gasteiger charge is 2.20. The first-order valence-electron chi connectivity index (χ1n) is 8.90. The average Bonchev–Trinajstić information content (AvgIpc) is 3.00. The highest BCUT2D eigenvalue weighted by molar-refractivity contribution is 7.21. The van der Waals surface area contributed by atoms with Gasteiger partial charge in [0.1, 0.15) is 5.82 Å². The fraction of sp³-hybridized carbons (Fsp3) is 0.526. The van der Waals surface area contributed by atoms with Crippen molar-refractivity contribution in [3.8, 4) is 0 Å². The third kappa shape index (κ3) is 4.37. The van der Waals surface area contributed by atoms with Crippen LogP contribution >= 0.6 is 11.3 Å². The van der Waals surface area contributed by atoms with Crippen molar-refractivity contribution in [1.82, 2.24) is 10.2 Å². The van der Waals surface area contributed by atoms with Crippen LogP contribution in [0.5, 0.6) is 0 Å². The lowest BCUT2D eigenvalue weighted by atomic mass is 10.1. The number of hydrogen-bond acceptors (Lipinski definition) is 4. The smallest absolute Gasteiger partial charge is 0.261 e. The highest BCUT2D eigenvalue weighted by Crippen LogP contribution is 2.33. The lowest BCUT2D eigenvalue weighted by Gasteiger charge is -2.26. The minimum absolute atomic E-state index is 0.133. The molecule has 2 heterocycles. The van der Waals surface area contributed by atoms with Gasteiger partial charge in [0, 0.05) is 29.3 Å². The minimum atomic E-state index is -0.301. The van der Waals surface area contributed by atoms with E-state index in [1.165, 1.54) is 49.8 Å². The summed E-state index contributed by atoms with van der Waals surface area (Å²) in [6.07, 6.45) is 4.82. The Morgan fingerprint density at radius 3 is 2.88 bits per heavy atom. The van der Waals surface area contributed by atoms with Crippen LogP contribution in [0.25, 0.3) is 10.1 Å². The van der Waals surface area contributed by atoms with Crippen molar-refractivity contribution in [3.05, 3.63) is 34.5 Å². The molecular formula is C19H25FN2O2S. The minimum Gasteiger partial charge on any atom is -0.380 e.